The second-order valence-electron chi connectivity index (χ2n) is 6.11. The van der Waals surface area contributed by atoms with E-state index in [1.165, 1.54) is 0 Å². The van der Waals surface area contributed by atoms with Crippen molar-refractivity contribution in [3.63, 3.8) is 0 Å². The lowest BCUT2D eigenvalue weighted by atomic mass is 10.0. The van der Waals surface area contributed by atoms with Crippen LogP contribution in [0.1, 0.15) is 11.1 Å². The first-order valence-electron chi connectivity index (χ1n) is 7.77. The summed E-state index contributed by atoms with van der Waals surface area (Å²) < 4.78 is 11.3. The molecule has 3 rings (SSSR count). The lowest BCUT2D eigenvalue weighted by molar-refractivity contribution is -0.0506. The van der Waals surface area contributed by atoms with Gasteiger partial charge >= 0.3 is 0 Å². The average Bonchev–Trinajstić information content (AvgIpc) is 2.84. The number of fused-ring (bicyclic) bond motifs is 1. The summed E-state index contributed by atoms with van der Waals surface area (Å²) in [7, 11) is 0. The Balaban J connectivity index is 1.71. The molecule has 0 aliphatic carbocycles. The maximum Gasteiger partial charge on any atom is 0.123 e. The molecule has 0 bridgehead atoms. The zero-order valence-electron chi connectivity index (χ0n) is 12.8. The third-order valence-electron chi connectivity index (χ3n) is 4.13. The van der Waals surface area contributed by atoms with Crippen LogP contribution >= 0.6 is 0 Å². The number of rotatable bonds is 3. The van der Waals surface area contributed by atoms with Gasteiger partial charge < -0.3 is 25.0 Å². The Labute approximate surface area is 130 Å². The molecule has 122 valence electrons. The lowest BCUT2D eigenvalue weighted by Crippen LogP contribution is -2.51. The van der Waals surface area contributed by atoms with E-state index in [-0.39, 0.29) is 6.61 Å². The number of aliphatic hydroxyl groups excluding tert-OH is 1. The largest absolute Gasteiger partial charge is 0.492 e. The molecule has 2 aliphatic rings. The van der Waals surface area contributed by atoms with E-state index in [2.05, 4.69) is 10.2 Å². The second-order valence-corrected chi connectivity index (χ2v) is 6.11. The van der Waals surface area contributed by atoms with Crippen molar-refractivity contribution in [1.82, 2.24) is 10.2 Å². The molecular weight excluding hydrogens is 284 g/mol. The van der Waals surface area contributed by atoms with Crippen LogP contribution in [0.4, 0.5) is 0 Å². The van der Waals surface area contributed by atoms with Gasteiger partial charge in [0.25, 0.3) is 0 Å². The Hall–Kier alpha value is -1.18. The molecular formula is C16H24N2O4. The number of benzene rings is 1. The standard InChI is InChI=1S/C16H24N2O4/c19-9-13-1-2-15-14(7-13)8-18(4-6-22-15)11-16(20)10-17-3-5-21-12-16/h1-2,7,17,19-20H,3-6,8-12H2/t16-/m1/s1. The number of hydrogen-bond acceptors (Lipinski definition) is 6. The normalized spacial score (nSPS) is 26.6. The van der Waals surface area contributed by atoms with Gasteiger partial charge in [-0.1, -0.05) is 6.07 Å². The monoisotopic (exact) mass is 308 g/mol. The molecule has 2 aliphatic heterocycles. The molecule has 2 heterocycles. The molecule has 1 aromatic rings. The molecule has 0 spiro atoms. The van der Waals surface area contributed by atoms with E-state index in [0.717, 1.165) is 30.0 Å². The molecule has 6 nitrogen and oxygen atoms in total. The molecule has 1 saturated heterocycles. The van der Waals surface area contributed by atoms with Crippen LogP contribution in [0.2, 0.25) is 0 Å². The van der Waals surface area contributed by atoms with Crippen molar-refractivity contribution in [2.24, 2.45) is 0 Å². The molecule has 3 N–H and O–H groups in total. The second kappa shape index (κ2) is 6.93. The minimum atomic E-state index is -0.879. The van der Waals surface area contributed by atoms with Gasteiger partial charge in [-0.25, -0.2) is 0 Å². The zero-order chi connectivity index (χ0) is 15.4. The number of nitrogens with zero attached hydrogens (tertiary/aromatic N) is 1. The third kappa shape index (κ3) is 3.77. The van der Waals surface area contributed by atoms with Crippen molar-refractivity contribution in [2.45, 2.75) is 18.8 Å². The molecule has 0 radical (unpaired) electrons. The SMILES string of the molecule is OCc1ccc2c(c1)CN(C[C@]1(O)CNCCOC1)CCO2. The fourth-order valence-electron chi connectivity index (χ4n) is 3.03. The average molecular weight is 308 g/mol. The van der Waals surface area contributed by atoms with Gasteiger partial charge in [-0.15, -0.1) is 0 Å². The van der Waals surface area contributed by atoms with Crippen LogP contribution in [0.15, 0.2) is 18.2 Å². The van der Waals surface area contributed by atoms with Crippen LogP contribution in [0.3, 0.4) is 0 Å². The maximum atomic E-state index is 10.7. The Bertz CT molecular complexity index is 501. The van der Waals surface area contributed by atoms with Crippen molar-refractivity contribution in [1.29, 1.82) is 0 Å². The van der Waals surface area contributed by atoms with Gasteiger partial charge in [0.15, 0.2) is 0 Å². The highest BCUT2D eigenvalue weighted by Crippen LogP contribution is 2.25. The highest BCUT2D eigenvalue weighted by molar-refractivity contribution is 5.37. The quantitative estimate of drug-likeness (QED) is 0.713. The molecule has 0 aromatic heterocycles. The molecule has 1 atom stereocenters. The van der Waals surface area contributed by atoms with Gasteiger partial charge in [0.1, 0.15) is 18.0 Å². The first kappa shape index (κ1) is 15.7. The van der Waals surface area contributed by atoms with E-state index in [1.54, 1.807) is 0 Å². The van der Waals surface area contributed by atoms with E-state index in [4.69, 9.17) is 9.47 Å². The van der Waals surface area contributed by atoms with Crippen LogP contribution < -0.4 is 10.1 Å². The summed E-state index contributed by atoms with van der Waals surface area (Å²) in [6.07, 6.45) is 0. The zero-order valence-corrected chi connectivity index (χ0v) is 12.8. The van der Waals surface area contributed by atoms with Crippen molar-refractivity contribution in [3.8, 4) is 5.75 Å². The van der Waals surface area contributed by atoms with Gasteiger partial charge in [0.2, 0.25) is 0 Å². The number of ether oxygens (including phenoxy) is 2. The summed E-state index contributed by atoms with van der Waals surface area (Å²) in [6, 6.07) is 5.76. The van der Waals surface area contributed by atoms with Crippen LogP contribution in [0, 0.1) is 0 Å². The van der Waals surface area contributed by atoms with Gasteiger partial charge in [0.05, 0.1) is 19.8 Å². The Kier molecular flexibility index (Phi) is 4.95. The predicted molar refractivity (Wildman–Crippen MR) is 81.8 cm³/mol. The first-order chi connectivity index (χ1) is 10.7. The summed E-state index contributed by atoms with van der Waals surface area (Å²) in [5.41, 5.74) is 1.05. The van der Waals surface area contributed by atoms with E-state index >= 15 is 0 Å². The van der Waals surface area contributed by atoms with Gasteiger partial charge in [-0.2, -0.15) is 0 Å². The van der Waals surface area contributed by atoms with Crippen molar-refractivity contribution in [3.05, 3.63) is 29.3 Å². The van der Waals surface area contributed by atoms with Crippen molar-refractivity contribution >= 4 is 0 Å². The highest BCUT2D eigenvalue weighted by Gasteiger charge is 2.32. The molecule has 0 amide bonds. The summed E-state index contributed by atoms with van der Waals surface area (Å²) in [6.45, 7) is 4.89. The predicted octanol–water partition coefficient (Wildman–Crippen LogP) is -0.276. The van der Waals surface area contributed by atoms with Crippen LogP contribution in [0.5, 0.6) is 5.75 Å². The smallest absolute Gasteiger partial charge is 0.123 e. The minimum Gasteiger partial charge on any atom is -0.492 e. The highest BCUT2D eigenvalue weighted by atomic mass is 16.5. The Morgan fingerprint density at radius 3 is 3.09 bits per heavy atom. The van der Waals surface area contributed by atoms with Gasteiger partial charge in [0, 0.05) is 38.3 Å². The molecule has 22 heavy (non-hydrogen) atoms. The fourth-order valence-corrected chi connectivity index (χ4v) is 3.03. The van der Waals surface area contributed by atoms with Crippen LogP contribution in [0.25, 0.3) is 0 Å². The number of hydrogen-bond donors (Lipinski definition) is 3. The molecule has 6 heteroatoms. The Morgan fingerprint density at radius 2 is 2.23 bits per heavy atom. The van der Waals surface area contributed by atoms with Crippen LogP contribution in [-0.2, 0) is 17.9 Å². The van der Waals surface area contributed by atoms with E-state index < -0.39 is 5.60 Å². The summed E-state index contributed by atoms with van der Waals surface area (Å²) >= 11 is 0. The van der Waals surface area contributed by atoms with E-state index in [1.807, 2.05) is 18.2 Å². The van der Waals surface area contributed by atoms with Gasteiger partial charge in [-0.05, 0) is 17.7 Å². The Morgan fingerprint density at radius 1 is 1.32 bits per heavy atom. The van der Waals surface area contributed by atoms with Crippen LogP contribution in [-0.4, -0.2) is 66.7 Å². The summed E-state index contributed by atoms with van der Waals surface area (Å²) in [5.74, 6) is 0.863. The molecule has 0 unspecified atom stereocenters. The topological polar surface area (TPSA) is 74.2 Å². The first-order valence-corrected chi connectivity index (χ1v) is 7.77. The molecule has 0 saturated carbocycles. The minimum absolute atomic E-state index is 0.0228. The summed E-state index contributed by atoms with van der Waals surface area (Å²) in [4.78, 5) is 2.18. The van der Waals surface area contributed by atoms with Crippen molar-refractivity contribution in [2.75, 3.05) is 46.0 Å². The molecule has 1 aromatic carbocycles. The third-order valence-corrected chi connectivity index (χ3v) is 4.13. The van der Waals surface area contributed by atoms with E-state index in [0.29, 0.717) is 39.5 Å². The van der Waals surface area contributed by atoms with E-state index in [9.17, 15) is 10.2 Å². The fraction of sp³-hybridized carbons (Fsp3) is 0.625. The number of aliphatic hydroxyl groups is 2. The van der Waals surface area contributed by atoms with Crippen molar-refractivity contribution < 1.29 is 19.7 Å². The lowest BCUT2D eigenvalue weighted by Gasteiger charge is -2.32. The summed E-state index contributed by atoms with van der Waals surface area (Å²) in [5, 5.41) is 23.2. The molecule has 1 fully saturated rings. The number of nitrogens with one attached hydrogen (secondary N) is 1. The van der Waals surface area contributed by atoms with Gasteiger partial charge in [-0.3, -0.25) is 4.90 Å². The number of β-amino-alcohol motifs (C(OH)–C–C–N with tert-alkyl or cyclic N) is 1. The maximum absolute atomic E-state index is 10.7.